The Labute approximate surface area is 125 Å². The number of hydrogen-bond donors (Lipinski definition) is 1. The van der Waals surface area contributed by atoms with Gasteiger partial charge in [-0.25, -0.2) is 4.39 Å². The van der Waals surface area contributed by atoms with E-state index in [0.29, 0.717) is 11.6 Å². The van der Waals surface area contributed by atoms with Crippen molar-refractivity contribution in [2.75, 3.05) is 0 Å². The zero-order valence-corrected chi connectivity index (χ0v) is 12.8. The predicted octanol–water partition coefficient (Wildman–Crippen LogP) is 5.09. The topological polar surface area (TPSA) is 12.0 Å². The highest BCUT2D eigenvalue weighted by atomic mass is 79.9. The average molecular weight is 343 g/mol. The minimum atomic E-state index is -0.209. The Bertz CT molecular complexity index is 574. The zero-order valence-electron chi connectivity index (χ0n) is 10.5. The number of rotatable bonds is 4. The van der Waals surface area contributed by atoms with Gasteiger partial charge in [0.2, 0.25) is 0 Å². The molecule has 2 rings (SSSR count). The van der Waals surface area contributed by atoms with Gasteiger partial charge in [-0.1, -0.05) is 45.7 Å². The molecule has 1 nitrogen and oxygen atoms in total. The summed E-state index contributed by atoms with van der Waals surface area (Å²) in [6.45, 7) is 2.70. The normalized spacial score (nSPS) is 12.4. The van der Waals surface area contributed by atoms with Crippen LogP contribution in [-0.4, -0.2) is 0 Å². The molecule has 19 heavy (non-hydrogen) atoms. The molecule has 100 valence electrons. The standard InChI is InChI=1S/C15H14BrClFN/c1-10(11-3-2-4-14(18)7-11)19-9-12-5-6-13(17)8-15(12)16/h2-8,10,19H,9H2,1H3/t10-/m1/s1. The molecule has 0 aliphatic rings. The molecule has 0 bridgehead atoms. The molecular formula is C15H14BrClFN. The van der Waals surface area contributed by atoms with E-state index < -0.39 is 0 Å². The summed E-state index contributed by atoms with van der Waals surface area (Å²) in [5, 5.41) is 4.07. The lowest BCUT2D eigenvalue weighted by molar-refractivity contribution is 0.564. The first-order valence-corrected chi connectivity index (χ1v) is 7.16. The van der Waals surface area contributed by atoms with E-state index in [4.69, 9.17) is 11.6 Å². The van der Waals surface area contributed by atoms with Crippen molar-refractivity contribution in [3.8, 4) is 0 Å². The molecule has 0 radical (unpaired) electrons. The van der Waals surface area contributed by atoms with Gasteiger partial charge in [-0.05, 0) is 42.3 Å². The van der Waals surface area contributed by atoms with Gasteiger partial charge < -0.3 is 5.32 Å². The van der Waals surface area contributed by atoms with Gasteiger partial charge in [-0.3, -0.25) is 0 Å². The third-order valence-electron chi connectivity index (χ3n) is 2.96. The first kappa shape index (κ1) is 14.5. The van der Waals surface area contributed by atoms with Crippen molar-refractivity contribution in [2.45, 2.75) is 19.5 Å². The maximum atomic E-state index is 13.1. The molecule has 1 N–H and O–H groups in total. The number of nitrogens with one attached hydrogen (secondary N) is 1. The van der Waals surface area contributed by atoms with Gasteiger partial charge in [-0.15, -0.1) is 0 Å². The van der Waals surface area contributed by atoms with Crippen LogP contribution < -0.4 is 5.32 Å². The van der Waals surface area contributed by atoms with Gasteiger partial charge in [0.15, 0.2) is 0 Å². The van der Waals surface area contributed by atoms with Crippen molar-refractivity contribution in [3.63, 3.8) is 0 Å². The van der Waals surface area contributed by atoms with Crippen molar-refractivity contribution in [1.29, 1.82) is 0 Å². The summed E-state index contributed by atoms with van der Waals surface area (Å²) in [5.74, 6) is -0.209. The Kier molecular flexibility index (Phi) is 4.97. The van der Waals surface area contributed by atoms with Crippen molar-refractivity contribution in [1.82, 2.24) is 5.32 Å². The van der Waals surface area contributed by atoms with Crippen LogP contribution in [0.5, 0.6) is 0 Å². The highest BCUT2D eigenvalue weighted by molar-refractivity contribution is 9.10. The summed E-state index contributed by atoms with van der Waals surface area (Å²) in [4.78, 5) is 0. The fourth-order valence-electron chi connectivity index (χ4n) is 1.82. The molecule has 4 heteroatoms. The second-order valence-corrected chi connectivity index (χ2v) is 5.68. The lowest BCUT2D eigenvalue weighted by Crippen LogP contribution is -2.18. The molecule has 0 aliphatic carbocycles. The molecule has 0 aliphatic heterocycles. The van der Waals surface area contributed by atoms with Crippen LogP contribution >= 0.6 is 27.5 Å². The van der Waals surface area contributed by atoms with Gasteiger partial charge in [-0.2, -0.15) is 0 Å². The summed E-state index contributed by atoms with van der Waals surface area (Å²) in [6, 6.07) is 12.4. The first-order valence-electron chi connectivity index (χ1n) is 5.99. The van der Waals surface area contributed by atoms with E-state index in [2.05, 4.69) is 21.2 Å². The van der Waals surface area contributed by atoms with Crippen molar-refractivity contribution < 1.29 is 4.39 Å². The molecule has 0 amide bonds. The van der Waals surface area contributed by atoms with Crippen LogP contribution in [0.2, 0.25) is 5.02 Å². The third kappa shape index (κ3) is 4.03. The minimum Gasteiger partial charge on any atom is -0.306 e. The van der Waals surface area contributed by atoms with Crippen LogP contribution in [0.15, 0.2) is 46.9 Å². The summed E-state index contributed by atoms with van der Waals surface area (Å²) >= 11 is 9.38. The number of halogens is 3. The second kappa shape index (κ2) is 6.51. The molecule has 2 aromatic carbocycles. The molecule has 0 unspecified atom stereocenters. The van der Waals surface area contributed by atoms with E-state index in [9.17, 15) is 4.39 Å². The van der Waals surface area contributed by atoms with E-state index in [0.717, 1.165) is 15.6 Å². The number of benzene rings is 2. The van der Waals surface area contributed by atoms with Crippen LogP contribution in [0, 0.1) is 5.82 Å². The van der Waals surface area contributed by atoms with E-state index in [1.54, 1.807) is 12.1 Å². The maximum Gasteiger partial charge on any atom is 0.123 e. The van der Waals surface area contributed by atoms with Gasteiger partial charge in [0.05, 0.1) is 0 Å². The fourth-order valence-corrected chi connectivity index (χ4v) is 2.64. The number of hydrogen-bond acceptors (Lipinski definition) is 1. The van der Waals surface area contributed by atoms with E-state index >= 15 is 0 Å². The second-order valence-electron chi connectivity index (χ2n) is 4.39. The Morgan fingerprint density at radius 1 is 1.26 bits per heavy atom. The summed E-state index contributed by atoms with van der Waals surface area (Å²) in [5.41, 5.74) is 2.05. The Morgan fingerprint density at radius 2 is 2.05 bits per heavy atom. The largest absolute Gasteiger partial charge is 0.306 e. The van der Waals surface area contributed by atoms with Crippen LogP contribution in [0.3, 0.4) is 0 Å². The third-order valence-corrected chi connectivity index (χ3v) is 3.94. The molecule has 0 saturated carbocycles. The monoisotopic (exact) mass is 341 g/mol. The van der Waals surface area contributed by atoms with Gasteiger partial charge in [0.25, 0.3) is 0 Å². The lowest BCUT2D eigenvalue weighted by Gasteiger charge is -2.15. The van der Waals surface area contributed by atoms with Gasteiger partial charge in [0, 0.05) is 22.1 Å². The summed E-state index contributed by atoms with van der Waals surface area (Å²) in [6.07, 6.45) is 0. The minimum absolute atomic E-state index is 0.0817. The molecule has 0 fully saturated rings. The smallest absolute Gasteiger partial charge is 0.123 e. The van der Waals surface area contributed by atoms with E-state index in [1.807, 2.05) is 31.2 Å². The summed E-state index contributed by atoms with van der Waals surface area (Å²) in [7, 11) is 0. The SMILES string of the molecule is C[C@@H](NCc1ccc(Cl)cc1Br)c1cccc(F)c1. The Balaban J connectivity index is 2.02. The van der Waals surface area contributed by atoms with E-state index in [-0.39, 0.29) is 11.9 Å². The van der Waals surface area contributed by atoms with Crippen LogP contribution in [0.25, 0.3) is 0 Å². The summed E-state index contributed by atoms with van der Waals surface area (Å²) < 4.78 is 14.1. The van der Waals surface area contributed by atoms with Crippen molar-refractivity contribution in [2.24, 2.45) is 0 Å². The molecule has 0 aromatic heterocycles. The maximum absolute atomic E-state index is 13.1. The fraction of sp³-hybridized carbons (Fsp3) is 0.200. The first-order chi connectivity index (χ1) is 9.06. The van der Waals surface area contributed by atoms with Crippen LogP contribution in [0.1, 0.15) is 24.1 Å². The average Bonchev–Trinajstić information content (AvgIpc) is 2.37. The van der Waals surface area contributed by atoms with Gasteiger partial charge >= 0.3 is 0 Å². The molecule has 2 aromatic rings. The molecule has 0 heterocycles. The zero-order chi connectivity index (χ0) is 13.8. The highest BCUT2D eigenvalue weighted by Gasteiger charge is 2.07. The van der Waals surface area contributed by atoms with Crippen molar-refractivity contribution in [3.05, 3.63) is 68.9 Å². The Hall–Kier alpha value is -0.900. The van der Waals surface area contributed by atoms with Crippen molar-refractivity contribution >= 4 is 27.5 Å². The highest BCUT2D eigenvalue weighted by Crippen LogP contribution is 2.22. The van der Waals surface area contributed by atoms with E-state index in [1.165, 1.54) is 6.07 Å². The Morgan fingerprint density at radius 3 is 2.74 bits per heavy atom. The van der Waals surface area contributed by atoms with Crippen LogP contribution in [0.4, 0.5) is 4.39 Å². The van der Waals surface area contributed by atoms with Crippen LogP contribution in [-0.2, 0) is 6.54 Å². The van der Waals surface area contributed by atoms with Gasteiger partial charge in [0.1, 0.15) is 5.82 Å². The predicted molar refractivity (Wildman–Crippen MR) is 80.8 cm³/mol. The molecule has 0 spiro atoms. The molecular weight excluding hydrogens is 329 g/mol. The molecule has 0 saturated heterocycles. The lowest BCUT2D eigenvalue weighted by atomic mass is 10.1. The molecule has 1 atom stereocenters. The quantitative estimate of drug-likeness (QED) is 0.816.